The third-order valence-corrected chi connectivity index (χ3v) is 3.73. The number of alkyl halides is 1. The van der Waals surface area contributed by atoms with E-state index in [1.54, 1.807) is 13.3 Å². The number of rotatable bonds is 5. The van der Waals surface area contributed by atoms with Crippen molar-refractivity contribution in [2.45, 2.75) is 46.2 Å². The summed E-state index contributed by atoms with van der Waals surface area (Å²) in [7, 11) is 0. The third-order valence-electron chi connectivity index (χ3n) is 3.54. The Labute approximate surface area is 123 Å². The summed E-state index contributed by atoms with van der Waals surface area (Å²) in [5.41, 5.74) is 2.63. The molecule has 0 amide bonds. The number of halogens is 1. The van der Waals surface area contributed by atoms with E-state index in [-0.39, 0.29) is 5.78 Å². The third kappa shape index (κ3) is 2.63. The van der Waals surface area contributed by atoms with Gasteiger partial charge in [-0.1, -0.05) is 0 Å². The molecule has 6 heteroatoms. The predicted octanol–water partition coefficient (Wildman–Crippen LogP) is 2.57. The molecule has 5 nitrogen and oxygen atoms in total. The normalized spacial score (nSPS) is 12.7. The fourth-order valence-corrected chi connectivity index (χ4v) is 2.43. The molecule has 1 unspecified atom stereocenters. The highest BCUT2D eigenvalue weighted by molar-refractivity contribution is 6.33. The van der Waals surface area contributed by atoms with E-state index in [1.165, 1.54) is 0 Å². The number of carbonyl (C=O) groups is 1. The molecule has 2 aromatic rings. The molecule has 0 saturated heterocycles. The molecule has 0 spiro atoms. The number of Topliss-reactive ketones (excluding diaryl/α,β-unsaturated/α-hetero) is 1. The summed E-state index contributed by atoms with van der Waals surface area (Å²) in [5, 5.41) is 7.55. The van der Waals surface area contributed by atoms with Crippen LogP contribution < -0.4 is 0 Å². The van der Waals surface area contributed by atoms with Crippen molar-refractivity contribution < 1.29 is 4.79 Å². The van der Waals surface area contributed by atoms with Crippen LogP contribution in [0.5, 0.6) is 0 Å². The van der Waals surface area contributed by atoms with Gasteiger partial charge in [0.1, 0.15) is 6.33 Å². The van der Waals surface area contributed by atoms with Crippen LogP contribution in [0.25, 0.3) is 0 Å². The first kappa shape index (κ1) is 14.8. The van der Waals surface area contributed by atoms with E-state index in [2.05, 4.69) is 14.8 Å². The number of hydrogen-bond donors (Lipinski definition) is 0. The monoisotopic (exact) mass is 294 g/mol. The summed E-state index contributed by atoms with van der Waals surface area (Å²) in [6.07, 6.45) is 1.72. The largest absolute Gasteiger partial charge is 0.341 e. The van der Waals surface area contributed by atoms with E-state index >= 15 is 0 Å². The molecule has 2 rings (SSSR count). The highest BCUT2D eigenvalue weighted by atomic mass is 35.5. The molecule has 1 atom stereocenters. The van der Waals surface area contributed by atoms with Crippen LogP contribution in [0.3, 0.4) is 0 Å². The summed E-state index contributed by atoms with van der Waals surface area (Å²) in [6, 6.07) is 1.89. The Hall–Kier alpha value is -1.62. The van der Waals surface area contributed by atoms with Crippen LogP contribution in [-0.2, 0) is 13.1 Å². The second kappa shape index (κ2) is 5.79. The van der Waals surface area contributed by atoms with Gasteiger partial charge in [-0.25, -0.2) is 0 Å². The van der Waals surface area contributed by atoms with Crippen molar-refractivity contribution in [3.05, 3.63) is 35.2 Å². The van der Waals surface area contributed by atoms with Gasteiger partial charge in [0.05, 0.1) is 11.9 Å². The van der Waals surface area contributed by atoms with E-state index < -0.39 is 5.38 Å². The molecule has 108 valence electrons. The minimum absolute atomic E-state index is 0.0389. The lowest BCUT2D eigenvalue weighted by atomic mass is 10.1. The Morgan fingerprint density at radius 1 is 1.45 bits per heavy atom. The van der Waals surface area contributed by atoms with Crippen LogP contribution in [0.1, 0.15) is 41.4 Å². The highest BCUT2D eigenvalue weighted by Crippen LogP contribution is 2.19. The minimum Gasteiger partial charge on any atom is -0.341 e. The number of carbonyl (C=O) groups excluding carboxylic acids is 1. The Morgan fingerprint density at radius 2 is 2.15 bits per heavy atom. The maximum atomic E-state index is 12.1. The number of ketones is 1. The van der Waals surface area contributed by atoms with Gasteiger partial charge < -0.3 is 9.13 Å². The maximum absolute atomic E-state index is 12.1. The van der Waals surface area contributed by atoms with Crippen molar-refractivity contribution in [2.75, 3.05) is 0 Å². The van der Waals surface area contributed by atoms with Crippen LogP contribution >= 0.6 is 11.6 Å². The molecule has 2 heterocycles. The first-order chi connectivity index (χ1) is 9.45. The molecular weight excluding hydrogens is 276 g/mol. The van der Waals surface area contributed by atoms with Crippen molar-refractivity contribution in [1.29, 1.82) is 0 Å². The van der Waals surface area contributed by atoms with Gasteiger partial charge in [-0.3, -0.25) is 4.79 Å². The topological polar surface area (TPSA) is 52.7 Å². The molecule has 0 aliphatic carbocycles. The summed E-state index contributed by atoms with van der Waals surface area (Å²) in [6.45, 7) is 9.10. The van der Waals surface area contributed by atoms with Gasteiger partial charge in [0.15, 0.2) is 11.6 Å². The Bertz CT molecular complexity index is 627. The summed E-state index contributed by atoms with van der Waals surface area (Å²) in [5.74, 6) is 0.843. The zero-order valence-electron chi connectivity index (χ0n) is 12.2. The molecule has 0 fully saturated rings. The lowest BCUT2D eigenvalue weighted by Gasteiger charge is -2.10. The second-order valence-corrected chi connectivity index (χ2v) is 5.54. The smallest absolute Gasteiger partial charge is 0.182 e. The zero-order valence-corrected chi connectivity index (χ0v) is 13.0. The first-order valence-electron chi connectivity index (χ1n) is 6.67. The SMILES string of the molecule is CCn1cnnc1Cn1c(C)cc(C(=O)C(C)Cl)c1C. The van der Waals surface area contributed by atoms with Gasteiger partial charge in [-0.05, 0) is 33.8 Å². The van der Waals surface area contributed by atoms with E-state index in [1.807, 2.05) is 31.4 Å². The van der Waals surface area contributed by atoms with Crippen molar-refractivity contribution in [3.8, 4) is 0 Å². The Kier molecular flexibility index (Phi) is 4.28. The lowest BCUT2D eigenvalue weighted by Crippen LogP contribution is -2.13. The van der Waals surface area contributed by atoms with E-state index in [9.17, 15) is 4.79 Å². The molecule has 0 bridgehead atoms. The lowest BCUT2D eigenvalue weighted by molar-refractivity contribution is 0.0991. The van der Waals surface area contributed by atoms with E-state index in [0.717, 1.165) is 23.8 Å². The van der Waals surface area contributed by atoms with Crippen LogP contribution in [0, 0.1) is 13.8 Å². The van der Waals surface area contributed by atoms with Crippen molar-refractivity contribution >= 4 is 17.4 Å². The molecule has 0 aliphatic heterocycles. The minimum atomic E-state index is -0.511. The fraction of sp³-hybridized carbons (Fsp3) is 0.500. The van der Waals surface area contributed by atoms with Gasteiger partial charge in [0.25, 0.3) is 0 Å². The second-order valence-electron chi connectivity index (χ2n) is 4.88. The van der Waals surface area contributed by atoms with Gasteiger partial charge in [0, 0.05) is 23.5 Å². The van der Waals surface area contributed by atoms with Gasteiger partial charge in [-0.2, -0.15) is 0 Å². The van der Waals surface area contributed by atoms with Gasteiger partial charge in [-0.15, -0.1) is 21.8 Å². The average molecular weight is 295 g/mol. The quantitative estimate of drug-likeness (QED) is 0.629. The molecule has 20 heavy (non-hydrogen) atoms. The Morgan fingerprint density at radius 3 is 2.75 bits per heavy atom. The van der Waals surface area contributed by atoms with Crippen LogP contribution in [0.15, 0.2) is 12.4 Å². The standard InChI is InChI=1S/C14H19ClN4O/c1-5-18-8-16-17-13(18)7-19-9(2)6-12(11(19)4)14(20)10(3)15/h6,8,10H,5,7H2,1-4H3. The fourth-order valence-electron chi connectivity index (χ4n) is 2.32. The summed E-state index contributed by atoms with van der Waals surface area (Å²) >= 11 is 5.90. The molecule has 0 N–H and O–H groups in total. The molecule has 0 radical (unpaired) electrons. The maximum Gasteiger partial charge on any atom is 0.182 e. The number of hydrogen-bond acceptors (Lipinski definition) is 3. The van der Waals surface area contributed by atoms with E-state index in [0.29, 0.717) is 12.1 Å². The number of aryl methyl sites for hydroxylation is 2. The van der Waals surface area contributed by atoms with Crippen molar-refractivity contribution in [2.24, 2.45) is 0 Å². The predicted molar refractivity (Wildman–Crippen MR) is 78.3 cm³/mol. The zero-order chi connectivity index (χ0) is 14.9. The average Bonchev–Trinajstić information content (AvgIpc) is 2.97. The van der Waals surface area contributed by atoms with Crippen LogP contribution in [0.2, 0.25) is 0 Å². The summed E-state index contributed by atoms with van der Waals surface area (Å²) < 4.78 is 4.06. The highest BCUT2D eigenvalue weighted by Gasteiger charge is 2.20. The molecule has 0 aliphatic rings. The van der Waals surface area contributed by atoms with Crippen molar-refractivity contribution in [3.63, 3.8) is 0 Å². The first-order valence-corrected chi connectivity index (χ1v) is 7.11. The Balaban J connectivity index is 2.36. The molecule has 2 aromatic heterocycles. The van der Waals surface area contributed by atoms with Crippen LogP contribution in [0.4, 0.5) is 0 Å². The van der Waals surface area contributed by atoms with E-state index in [4.69, 9.17) is 11.6 Å². The number of nitrogens with zero attached hydrogens (tertiary/aromatic N) is 4. The summed E-state index contributed by atoms with van der Waals surface area (Å²) in [4.78, 5) is 12.1. The number of aromatic nitrogens is 4. The van der Waals surface area contributed by atoms with Gasteiger partial charge in [0.2, 0.25) is 0 Å². The molecule has 0 saturated carbocycles. The van der Waals surface area contributed by atoms with Crippen molar-refractivity contribution in [1.82, 2.24) is 19.3 Å². The molecule has 0 aromatic carbocycles. The molecular formula is C14H19ClN4O. The van der Waals surface area contributed by atoms with Gasteiger partial charge >= 0.3 is 0 Å². The van der Waals surface area contributed by atoms with Crippen LogP contribution in [-0.4, -0.2) is 30.5 Å².